The lowest BCUT2D eigenvalue weighted by Crippen LogP contribution is -2.05. The Morgan fingerprint density at radius 1 is 1.23 bits per heavy atom. The molecule has 1 saturated carbocycles. The van der Waals surface area contributed by atoms with Gasteiger partial charge in [0.2, 0.25) is 0 Å². The normalized spacial score (nSPS) is 36.8. The number of hydrogen-bond donors (Lipinski definition) is 0. The highest BCUT2D eigenvalue weighted by Gasteiger charge is 2.33. The van der Waals surface area contributed by atoms with E-state index in [-0.39, 0.29) is 0 Å². The molecular weight excluding hydrogens is 156 g/mol. The molecule has 0 aromatic carbocycles. The first-order valence-corrected chi connectivity index (χ1v) is 6.06. The molecule has 0 heteroatoms. The third kappa shape index (κ3) is 2.15. The zero-order valence-electron chi connectivity index (χ0n) is 8.84. The van der Waals surface area contributed by atoms with Crippen LogP contribution < -0.4 is 0 Å². The molecule has 2 aliphatic rings. The Morgan fingerprint density at radius 3 is 2.92 bits per heavy atom. The molecule has 2 rings (SSSR count). The van der Waals surface area contributed by atoms with E-state index in [1.54, 1.807) is 0 Å². The summed E-state index contributed by atoms with van der Waals surface area (Å²) < 4.78 is 0. The number of rotatable bonds is 4. The first-order valence-electron chi connectivity index (χ1n) is 6.06. The van der Waals surface area contributed by atoms with Crippen LogP contribution in [0, 0.1) is 17.8 Å². The van der Waals surface area contributed by atoms with E-state index < -0.39 is 0 Å². The molecule has 0 aromatic heterocycles. The Kier molecular flexibility index (Phi) is 3.08. The fraction of sp³-hybridized carbons (Fsp3) is 0.846. The first kappa shape index (κ1) is 9.30. The van der Waals surface area contributed by atoms with Gasteiger partial charge in [-0.15, -0.1) is 0 Å². The first-order chi connectivity index (χ1) is 6.40. The second kappa shape index (κ2) is 4.30. The molecule has 0 N–H and O–H groups in total. The van der Waals surface area contributed by atoms with Crippen LogP contribution in [0.15, 0.2) is 12.2 Å². The maximum Gasteiger partial charge on any atom is -0.0202 e. The highest BCUT2D eigenvalue weighted by atomic mass is 14.4. The van der Waals surface area contributed by atoms with Crippen LogP contribution >= 0.6 is 0 Å². The Hall–Kier alpha value is -0.260. The molecule has 13 heavy (non-hydrogen) atoms. The smallest absolute Gasteiger partial charge is 0.0202 e. The number of allylic oxidation sites excluding steroid dienone is 2. The molecule has 0 nitrogen and oxygen atoms in total. The molecule has 0 saturated heterocycles. The van der Waals surface area contributed by atoms with Crippen molar-refractivity contribution < 1.29 is 0 Å². The summed E-state index contributed by atoms with van der Waals surface area (Å²) in [6.45, 7) is 2.30. The van der Waals surface area contributed by atoms with Gasteiger partial charge in [-0.25, -0.2) is 0 Å². The Labute approximate surface area is 82.4 Å². The highest BCUT2D eigenvalue weighted by Crippen LogP contribution is 2.44. The van der Waals surface area contributed by atoms with Crippen molar-refractivity contribution in [1.29, 1.82) is 0 Å². The number of unbranched alkanes of at least 4 members (excludes halogenated alkanes) is 2. The minimum Gasteiger partial charge on any atom is -0.0880 e. The summed E-state index contributed by atoms with van der Waals surface area (Å²) in [7, 11) is 0. The lowest BCUT2D eigenvalue weighted by Gasteiger charge is -2.15. The van der Waals surface area contributed by atoms with Crippen molar-refractivity contribution in [2.75, 3.05) is 0 Å². The van der Waals surface area contributed by atoms with Gasteiger partial charge in [0.05, 0.1) is 0 Å². The minimum atomic E-state index is 0.968. The van der Waals surface area contributed by atoms with E-state index in [9.17, 15) is 0 Å². The van der Waals surface area contributed by atoms with Crippen LogP contribution in [0.25, 0.3) is 0 Å². The van der Waals surface area contributed by atoms with Crippen LogP contribution in [0.4, 0.5) is 0 Å². The lowest BCUT2D eigenvalue weighted by atomic mass is 9.90. The summed E-state index contributed by atoms with van der Waals surface area (Å²) in [5, 5.41) is 0. The van der Waals surface area contributed by atoms with Gasteiger partial charge in [-0.3, -0.25) is 0 Å². The van der Waals surface area contributed by atoms with Gasteiger partial charge < -0.3 is 0 Å². The summed E-state index contributed by atoms with van der Waals surface area (Å²) in [5.74, 6) is 3.08. The van der Waals surface area contributed by atoms with Crippen molar-refractivity contribution in [1.82, 2.24) is 0 Å². The minimum absolute atomic E-state index is 0.968. The van der Waals surface area contributed by atoms with Gasteiger partial charge in [0.1, 0.15) is 0 Å². The van der Waals surface area contributed by atoms with Crippen LogP contribution in [0.5, 0.6) is 0 Å². The molecule has 3 unspecified atom stereocenters. The third-order valence-corrected chi connectivity index (χ3v) is 3.88. The average Bonchev–Trinajstić information content (AvgIpc) is 2.42. The van der Waals surface area contributed by atoms with E-state index in [4.69, 9.17) is 0 Å². The van der Waals surface area contributed by atoms with Crippen molar-refractivity contribution in [2.45, 2.75) is 51.9 Å². The Balaban J connectivity index is 1.78. The number of hydrogen-bond acceptors (Lipinski definition) is 0. The van der Waals surface area contributed by atoms with E-state index >= 15 is 0 Å². The van der Waals surface area contributed by atoms with Gasteiger partial charge in [-0.2, -0.15) is 0 Å². The molecule has 0 spiro atoms. The summed E-state index contributed by atoms with van der Waals surface area (Å²) in [4.78, 5) is 0. The summed E-state index contributed by atoms with van der Waals surface area (Å²) >= 11 is 0. The molecular formula is C13H22. The van der Waals surface area contributed by atoms with Gasteiger partial charge in [0, 0.05) is 0 Å². The van der Waals surface area contributed by atoms with Crippen LogP contribution in [0.3, 0.4) is 0 Å². The molecule has 74 valence electrons. The van der Waals surface area contributed by atoms with Crippen molar-refractivity contribution in [2.24, 2.45) is 17.8 Å². The van der Waals surface area contributed by atoms with Crippen molar-refractivity contribution in [3.63, 3.8) is 0 Å². The van der Waals surface area contributed by atoms with E-state index in [0.717, 1.165) is 17.8 Å². The molecule has 1 fully saturated rings. The van der Waals surface area contributed by atoms with Crippen molar-refractivity contribution in [3.8, 4) is 0 Å². The molecule has 0 aromatic rings. The highest BCUT2D eigenvalue weighted by molar-refractivity contribution is 5.03. The van der Waals surface area contributed by atoms with Gasteiger partial charge in [0.15, 0.2) is 0 Å². The monoisotopic (exact) mass is 178 g/mol. The van der Waals surface area contributed by atoms with Crippen molar-refractivity contribution in [3.05, 3.63) is 12.2 Å². The van der Waals surface area contributed by atoms with Crippen LogP contribution in [-0.4, -0.2) is 0 Å². The summed E-state index contributed by atoms with van der Waals surface area (Å²) in [6.07, 6.45) is 15.1. The third-order valence-electron chi connectivity index (χ3n) is 3.88. The summed E-state index contributed by atoms with van der Waals surface area (Å²) in [6, 6.07) is 0. The second-order valence-electron chi connectivity index (χ2n) is 4.92. The van der Waals surface area contributed by atoms with Crippen LogP contribution in [-0.2, 0) is 0 Å². The number of fused-ring (bicyclic) bond motifs is 2. The fourth-order valence-corrected chi connectivity index (χ4v) is 3.14. The average molecular weight is 178 g/mol. The van der Waals surface area contributed by atoms with Gasteiger partial charge >= 0.3 is 0 Å². The van der Waals surface area contributed by atoms with E-state index in [1.807, 2.05) is 0 Å². The van der Waals surface area contributed by atoms with E-state index in [1.165, 1.54) is 44.9 Å². The second-order valence-corrected chi connectivity index (χ2v) is 4.92. The lowest BCUT2D eigenvalue weighted by molar-refractivity contribution is 0.406. The van der Waals surface area contributed by atoms with Crippen LogP contribution in [0.2, 0.25) is 0 Å². The fourth-order valence-electron chi connectivity index (χ4n) is 3.14. The SMILES string of the molecule is CCCCCC1CC2CC=CC1C2. The molecule has 0 radical (unpaired) electrons. The quantitative estimate of drug-likeness (QED) is 0.448. The van der Waals surface area contributed by atoms with E-state index in [2.05, 4.69) is 19.1 Å². The molecule has 0 amide bonds. The maximum atomic E-state index is 2.50. The predicted molar refractivity (Wildman–Crippen MR) is 57.6 cm³/mol. The van der Waals surface area contributed by atoms with E-state index in [0.29, 0.717) is 0 Å². The molecule has 3 atom stereocenters. The molecule has 2 aliphatic carbocycles. The predicted octanol–water partition coefficient (Wildman–Crippen LogP) is 4.17. The van der Waals surface area contributed by atoms with Crippen molar-refractivity contribution >= 4 is 0 Å². The standard InChI is InChI=1S/C13H22/c1-2-3-4-7-12-9-11-6-5-8-13(12)10-11/h5,8,11-13H,2-4,6-7,9-10H2,1H3. The topological polar surface area (TPSA) is 0 Å². The maximum absolute atomic E-state index is 2.50. The Morgan fingerprint density at radius 2 is 2.15 bits per heavy atom. The molecule has 0 heterocycles. The summed E-state index contributed by atoms with van der Waals surface area (Å²) in [5.41, 5.74) is 0. The van der Waals surface area contributed by atoms with Gasteiger partial charge in [-0.1, -0.05) is 38.3 Å². The van der Waals surface area contributed by atoms with Gasteiger partial charge in [0.25, 0.3) is 0 Å². The zero-order valence-corrected chi connectivity index (χ0v) is 8.84. The molecule has 0 aliphatic heterocycles. The zero-order chi connectivity index (χ0) is 9.10. The Bertz CT molecular complexity index is 180. The van der Waals surface area contributed by atoms with Crippen LogP contribution in [0.1, 0.15) is 51.9 Å². The molecule has 2 bridgehead atoms. The largest absolute Gasteiger partial charge is 0.0880 e. The van der Waals surface area contributed by atoms with Gasteiger partial charge in [-0.05, 0) is 43.4 Å².